The molecule has 52 heavy (non-hydrogen) atoms. The van der Waals surface area contributed by atoms with Gasteiger partial charge in [-0.05, 0) is 175 Å². The van der Waals surface area contributed by atoms with Gasteiger partial charge in [-0.3, -0.25) is 0 Å². The van der Waals surface area contributed by atoms with E-state index >= 15 is 0 Å². The summed E-state index contributed by atoms with van der Waals surface area (Å²) in [5.41, 5.74) is 0. The highest BCUT2D eigenvalue weighted by Crippen LogP contribution is 3.46. The van der Waals surface area contributed by atoms with Crippen LogP contribution in [0.2, 0.25) is 0 Å². The highest BCUT2D eigenvalue weighted by atomic mass is 33.6. The molecule has 0 aliphatic rings. The molecule has 0 heterocycles. The van der Waals surface area contributed by atoms with Crippen LogP contribution in [0.25, 0.3) is 0 Å². The largest absolute Gasteiger partial charge is 0.102 e. The summed E-state index contributed by atoms with van der Waals surface area (Å²) in [4.78, 5) is 0. The highest BCUT2D eigenvalue weighted by Gasteiger charge is 2.59. The van der Waals surface area contributed by atoms with Gasteiger partial charge in [0.15, 0.2) is 0 Å². The normalized spacial score (nSPS) is 16.1. The van der Waals surface area contributed by atoms with Gasteiger partial charge in [-0.1, -0.05) is 0 Å². The molecule has 0 amide bonds. The van der Waals surface area contributed by atoms with Crippen molar-refractivity contribution in [2.75, 3.05) is 0 Å². The molecule has 0 fully saturated rings. The van der Waals surface area contributed by atoms with Crippen molar-refractivity contribution in [2.45, 2.75) is 0 Å². The highest BCUT2D eigenvalue weighted by molar-refractivity contribution is 9.52. The van der Waals surface area contributed by atoms with Crippen molar-refractivity contribution in [1.82, 2.24) is 0 Å². The molecular formula is H54P52. The minimum atomic E-state index is -0.217. The van der Waals surface area contributed by atoms with Crippen LogP contribution in [0.5, 0.6) is 0 Å². The summed E-state index contributed by atoms with van der Waals surface area (Å²) in [6.45, 7) is -4.47. The number of rotatable bonds is 24. The van der Waals surface area contributed by atoms with Crippen LogP contribution in [-0.2, 0) is 0 Å². The Hall–Kier alpha value is 22.4. The van der Waals surface area contributed by atoms with E-state index in [0.29, 0.717) is 0 Å². The standard InChI is InChI=1S/H54P52/c1-28(2)41(27)48(42(29(3)4)30(5)6)51(47(39(23)24)40(25)26)52(49(43(31(7)8)32(9)10)44(33(11)12)34(13)14)50(45(35(15)16)36(17)18)46(37(19)20)38(21)22/h1-27H2. The molecular weight excluding hydrogens is 1610 g/mol. The smallest absolute Gasteiger partial charge is 0.0000140 e. The van der Waals surface area contributed by atoms with Crippen molar-refractivity contribution in [3.05, 3.63) is 0 Å². The molecule has 0 aliphatic heterocycles. The summed E-state index contributed by atoms with van der Waals surface area (Å²) in [6, 6.07) is 0. The van der Waals surface area contributed by atoms with Crippen LogP contribution in [0.15, 0.2) is 0 Å². The zero-order valence-corrected chi connectivity index (χ0v) is 80.3. The Bertz CT molecular complexity index is 776. The summed E-state index contributed by atoms with van der Waals surface area (Å²) in [5, 5.41) is 0. The molecule has 0 bridgehead atoms. The van der Waals surface area contributed by atoms with Gasteiger partial charge in [0.2, 0.25) is 0 Å². The molecule has 30 unspecified atom stereocenters. The maximum Gasteiger partial charge on any atom is -0.0000140 e. The summed E-state index contributed by atoms with van der Waals surface area (Å²) in [7, 11) is 94.3. The molecule has 314 valence electrons. The van der Waals surface area contributed by atoms with Crippen LogP contribution in [0, 0.1) is 0 Å². The van der Waals surface area contributed by atoms with E-state index in [9.17, 15) is 0 Å². The molecule has 0 N–H and O–H groups in total. The van der Waals surface area contributed by atoms with Gasteiger partial charge in [0.05, 0.1) is 0 Å². The van der Waals surface area contributed by atoms with E-state index in [1.807, 2.05) is 0 Å². The van der Waals surface area contributed by atoms with Gasteiger partial charge in [-0.2, -0.15) is 0 Å². The quantitative estimate of drug-likeness (QED) is 0.0845. The molecule has 0 saturated carbocycles. The Morgan fingerprint density at radius 2 is 0.231 bits per heavy atom. The van der Waals surface area contributed by atoms with Gasteiger partial charge in [0.1, 0.15) is 0 Å². The molecule has 0 nitrogen and oxygen atoms in total. The van der Waals surface area contributed by atoms with Crippen molar-refractivity contribution in [1.29, 1.82) is 0 Å². The second-order valence-corrected chi connectivity index (χ2v) is 222. The molecule has 0 aliphatic carbocycles. The average molecular weight is 1670 g/mol. The lowest BCUT2D eigenvalue weighted by molar-refractivity contribution is 4.35. The van der Waals surface area contributed by atoms with Gasteiger partial charge in [0.25, 0.3) is 0 Å². The van der Waals surface area contributed by atoms with E-state index in [4.69, 9.17) is 0 Å². The fourth-order valence-corrected chi connectivity index (χ4v) is 732. The second-order valence-electron chi connectivity index (χ2n) is 8.21. The Labute approximate surface area is 409 Å². The van der Waals surface area contributed by atoms with E-state index < -0.39 is 0 Å². The van der Waals surface area contributed by atoms with E-state index in [0.717, 1.165) is 0 Å². The molecule has 0 aromatic heterocycles. The van der Waals surface area contributed by atoms with Crippen molar-refractivity contribution in [3.63, 3.8) is 0 Å². The Balaban J connectivity index is 9.73. The van der Waals surface area contributed by atoms with Crippen LogP contribution in [0.1, 0.15) is 0 Å². The third-order valence-electron chi connectivity index (χ3n) is 4.50. The minimum absolute atomic E-state index is 0.120. The molecule has 0 aromatic carbocycles. The summed E-state index contributed by atoms with van der Waals surface area (Å²) < 4.78 is 0. The second kappa shape index (κ2) is 40.5. The number of hydrogen-bond donors (Lipinski definition) is 0. The Kier molecular flexibility index (Phi) is 57.9. The Morgan fingerprint density at radius 1 is 0.115 bits per heavy atom. The first-order valence-corrected chi connectivity index (χ1v) is 106. The van der Waals surface area contributed by atoms with Crippen molar-refractivity contribution in [3.8, 4) is 0 Å². The third-order valence-corrected chi connectivity index (χ3v) is 364. The molecule has 0 radical (unpaired) electrons. The van der Waals surface area contributed by atoms with Crippen molar-refractivity contribution < 1.29 is 0 Å². The average Bonchev–Trinajstić information content (AvgIpc) is 2.92. The van der Waals surface area contributed by atoms with Crippen LogP contribution in [0.3, 0.4) is 0 Å². The third kappa shape index (κ3) is 26.3. The molecule has 52 heteroatoms. The minimum Gasteiger partial charge on any atom is -0.102 e. The number of hydrogen-bond acceptors (Lipinski definition) is 0. The molecule has 0 rings (SSSR count). The Morgan fingerprint density at radius 3 is 0.365 bits per heavy atom. The van der Waals surface area contributed by atoms with Gasteiger partial charge < -0.3 is 0 Å². The van der Waals surface area contributed by atoms with E-state index in [1.54, 1.807) is 0 Å². The SMILES string of the molecule is PP(P)P(P)P(P(P(P)P)P(P)P)P(P(P(P)P)P(P)P)P(P(P(P(P)P)P(P)P)P(P(P)P)P(P)P)P(P(P(P)P)P(P)P)P(P(P)P)P(P)P. The lowest BCUT2D eigenvalue weighted by Crippen LogP contribution is -1.71. The first-order valence-electron chi connectivity index (χ1n) is 11.8. The topological polar surface area (TPSA) is 0 Å². The maximum atomic E-state index is 3.69. The molecule has 0 saturated heterocycles. The van der Waals surface area contributed by atoms with Crippen LogP contribution < -0.4 is 0 Å². The predicted octanol–water partition coefficient (Wildman–Crippen LogP) is 30.3. The lowest BCUT2D eigenvalue weighted by Gasteiger charge is -2.58. The van der Waals surface area contributed by atoms with Crippen LogP contribution in [-0.4, -0.2) is 0 Å². The van der Waals surface area contributed by atoms with Crippen LogP contribution in [0.4, 0.5) is 0 Å². The summed E-state index contributed by atoms with van der Waals surface area (Å²) >= 11 is 0. The summed E-state index contributed by atoms with van der Waals surface area (Å²) in [5.74, 6) is 0. The van der Waals surface area contributed by atoms with Crippen LogP contribution >= 0.6 is 416 Å². The summed E-state index contributed by atoms with van der Waals surface area (Å²) in [6.07, 6.45) is 0. The van der Waals surface area contributed by atoms with E-state index in [-0.39, 0.29) is 175 Å². The fraction of sp³-hybridized carbons (Fsp3) is 0. The fourth-order valence-electron chi connectivity index (χ4n) is 3.01. The maximum absolute atomic E-state index is 3.69. The van der Waals surface area contributed by atoms with Crippen molar-refractivity contribution in [2.24, 2.45) is 0 Å². The van der Waals surface area contributed by atoms with E-state index in [1.165, 1.54) is 0 Å². The predicted molar refractivity (Wildman–Crippen MR) is 435 cm³/mol. The molecule has 30 atom stereocenters. The van der Waals surface area contributed by atoms with E-state index in [2.05, 4.69) is 241 Å². The van der Waals surface area contributed by atoms with Gasteiger partial charge in [0, 0.05) is 0 Å². The first-order chi connectivity index (χ1) is 23.6. The van der Waals surface area contributed by atoms with Gasteiger partial charge >= 0.3 is 0 Å². The lowest BCUT2D eigenvalue weighted by atomic mass is 28.4. The molecule has 0 spiro atoms. The van der Waals surface area contributed by atoms with Gasteiger partial charge in [-0.15, -0.1) is 241 Å². The monoisotopic (exact) mass is 1670 g/mol. The first kappa shape index (κ1) is 74.4. The van der Waals surface area contributed by atoms with Crippen molar-refractivity contribution >= 4 is 416 Å². The van der Waals surface area contributed by atoms with Gasteiger partial charge in [-0.25, -0.2) is 0 Å². The zero-order chi connectivity index (χ0) is 41.4. The molecule has 0 aromatic rings. The zero-order valence-electron chi connectivity index (χ0n) is 26.8.